The van der Waals surface area contributed by atoms with Gasteiger partial charge in [-0.3, -0.25) is 0 Å². The van der Waals surface area contributed by atoms with Crippen LogP contribution in [0.15, 0.2) is 0 Å². The van der Waals surface area contributed by atoms with Gasteiger partial charge in [0, 0.05) is 12.1 Å². The van der Waals surface area contributed by atoms with E-state index < -0.39 is 0 Å². The topological polar surface area (TPSA) is 52.0 Å². The van der Waals surface area contributed by atoms with E-state index in [1.165, 1.54) is 64.2 Å². The van der Waals surface area contributed by atoms with Gasteiger partial charge in [0.25, 0.3) is 0 Å². The first-order valence-corrected chi connectivity index (χ1v) is 6.30. The average molecular weight is 198 g/mol. The van der Waals surface area contributed by atoms with E-state index in [2.05, 4.69) is 0 Å². The fourth-order valence-corrected chi connectivity index (χ4v) is 2.27. The average Bonchev–Trinajstić information content (AvgIpc) is 2.14. The highest BCUT2D eigenvalue weighted by Crippen LogP contribution is 2.15. The van der Waals surface area contributed by atoms with Gasteiger partial charge in [-0.15, -0.1) is 0 Å². The van der Waals surface area contributed by atoms with Crippen molar-refractivity contribution in [3.05, 3.63) is 0 Å². The van der Waals surface area contributed by atoms with Crippen LogP contribution in [0.3, 0.4) is 0 Å². The van der Waals surface area contributed by atoms with Crippen LogP contribution in [-0.2, 0) is 0 Å². The summed E-state index contributed by atoms with van der Waals surface area (Å²) in [5, 5.41) is 0. The van der Waals surface area contributed by atoms with Crippen LogP contribution in [0.4, 0.5) is 0 Å². The van der Waals surface area contributed by atoms with Crippen LogP contribution < -0.4 is 11.5 Å². The SMILES string of the molecule is NC1CCCCCCCC(N)CCC1. The second-order valence-corrected chi connectivity index (χ2v) is 4.80. The maximum atomic E-state index is 6.02. The van der Waals surface area contributed by atoms with E-state index in [-0.39, 0.29) is 0 Å². The molecule has 84 valence electrons. The summed E-state index contributed by atoms with van der Waals surface area (Å²) in [6.45, 7) is 0. The largest absolute Gasteiger partial charge is 0.328 e. The Balaban J connectivity index is 2.21. The van der Waals surface area contributed by atoms with Crippen molar-refractivity contribution in [1.29, 1.82) is 0 Å². The number of nitrogens with two attached hydrogens (primary N) is 2. The third kappa shape index (κ3) is 5.61. The van der Waals surface area contributed by atoms with Crippen LogP contribution >= 0.6 is 0 Å². The molecule has 2 heteroatoms. The predicted octanol–water partition coefficient (Wildman–Crippen LogP) is 2.56. The zero-order chi connectivity index (χ0) is 10.2. The van der Waals surface area contributed by atoms with E-state index in [1.807, 2.05) is 0 Å². The molecule has 1 saturated carbocycles. The minimum atomic E-state index is 0.432. The number of hydrogen-bond acceptors (Lipinski definition) is 2. The molecule has 0 amide bonds. The fourth-order valence-electron chi connectivity index (χ4n) is 2.27. The molecule has 0 aromatic carbocycles. The minimum absolute atomic E-state index is 0.432. The molecule has 1 rings (SSSR count). The molecular weight excluding hydrogens is 172 g/mol. The second-order valence-electron chi connectivity index (χ2n) is 4.80. The van der Waals surface area contributed by atoms with Crippen molar-refractivity contribution in [2.75, 3.05) is 0 Å². The molecule has 2 unspecified atom stereocenters. The summed E-state index contributed by atoms with van der Waals surface area (Å²) in [4.78, 5) is 0. The van der Waals surface area contributed by atoms with Gasteiger partial charge in [0.05, 0.1) is 0 Å². The minimum Gasteiger partial charge on any atom is -0.328 e. The van der Waals surface area contributed by atoms with Gasteiger partial charge < -0.3 is 11.5 Å². The molecule has 4 N–H and O–H groups in total. The maximum absolute atomic E-state index is 6.02. The summed E-state index contributed by atoms with van der Waals surface area (Å²) in [7, 11) is 0. The van der Waals surface area contributed by atoms with E-state index in [0.717, 1.165) is 0 Å². The lowest BCUT2D eigenvalue weighted by Gasteiger charge is -2.16. The van der Waals surface area contributed by atoms with Gasteiger partial charge in [0.15, 0.2) is 0 Å². The lowest BCUT2D eigenvalue weighted by Crippen LogP contribution is -2.23. The highest BCUT2D eigenvalue weighted by atomic mass is 14.6. The predicted molar refractivity (Wildman–Crippen MR) is 62.1 cm³/mol. The first-order chi connectivity index (χ1) is 6.79. The summed E-state index contributed by atoms with van der Waals surface area (Å²) in [5.41, 5.74) is 12.0. The van der Waals surface area contributed by atoms with Crippen LogP contribution in [0.5, 0.6) is 0 Å². The van der Waals surface area contributed by atoms with Crippen molar-refractivity contribution in [3.63, 3.8) is 0 Å². The lowest BCUT2D eigenvalue weighted by molar-refractivity contribution is 0.439. The molecule has 1 fully saturated rings. The van der Waals surface area contributed by atoms with Gasteiger partial charge in [-0.1, -0.05) is 38.5 Å². The van der Waals surface area contributed by atoms with E-state index in [0.29, 0.717) is 12.1 Å². The van der Waals surface area contributed by atoms with Gasteiger partial charge in [0.2, 0.25) is 0 Å². The molecule has 0 bridgehead atoms. The molecule has 2 nitrogen and oxygen atoms in total. The molecule has 0 aliphatic heterocycles. The molecule has 2 atom stereocenters. The number of rotatable bonds is 0. The summed E-state index contributed by atoms with van der Waals surface area (Å²) in [5.74, 6) is 0. The highest BCUT2D eigenvalue weighted by Gasteiger charge is 2.07. The van der Waals surface area contributed by atoms with Crippen molar-refractivity contribution >= 4 is 0 Å². The Kier molecular flexibility index (Phi) is 6.20. The van der Waals surface area contributed by atoms with Crippen molar-refractivity contribution in [1.82, 2.24) is 0 Å². The highest BCUT2D eigenvalue weighted by molar-refractivity contribution is 4.67. The molecule has 0 heterocycles. The zero-order valence-corrected chi connectivity index (χ0v) is 9.38. The zero-order valence-electron chi connectivity index (χ0n) is 9.38. The molecule has 14 heavy (non-hydrogen) atoms. The Bertz CT molecular complexity index is 122. The van der Waals surface area contributed by atoms with Gasteiger partial charge in [-0.05, 0) is 25.7 Å². The van der Waals surface area contributed by atoms with Gasteiger partial charge >= 0.3 is 0 Å². The summed E-state index contributed by atoms with van der Waals surface area (Å²) in [6.07, 6.45) is 12.8. The second kappa shape index (κ2) is 7.24. The van der Waals surface area contributed by atoms with Crippen LogP contribution in [0, 0.1) is 0 Å². The van der Waals surface area contributed by atoms with E-state index >= 15 is 0 Å². The van der Waals surface area contributed by atoms with E-state index in [4.69, 9.17) is 11.5 Å². The Morgan fingerprint density at radius 2 is 0.857 bits per heavy atom. The maximum Gasteiger partial charge on any atom is 0.00388 e. The standard InChI is InChI=1S/C12H26N2/c13-11-7-4-2-1-3-5-8-12(14)10-6-9-11/h11-12H,1-10,13-14H2. The van der Waals surface area contributed by atoms with Gasteiger partial charge in [-0.2, -0.15) is 0 Å². The summed E-state index contributed by atoms with van der Waals surface area (Å²) < 4.78 is 0. The van der Waals surface area contributed by atoms with Crippen LogP contribution in [0.2, 0.25) is 0 Å². The number of hydrogen-bond donors (Lipinski definition) is 2. The first-order valence-electron chi connectivity index (χ1n) is 6.30. The quantitative estimate of drug-likeness (QED) is 0.628. The Labute approximate surface area is 88.4 Å². The first kappa shape index (κ1) is 12.0. The molecule has 0 aromatic rings. The van der Waals surface area contributed by atoms with Gasteiger partial charge in [-0.25, -0.2) is 0 Å². The molecule has 1 aliphatic carbocycles. The van der Waals surface area contributed by atoms with Crippen LogP contribution in [0.25, 0.3) is 0 Å². The van der Waals surface area contributed by atoms with Crippen molar-refractivity contribution in [2.24, 2.45) is 11.5 Å². The molecule has 0 radical (unpaired) electrons. The Morgan fingerprint density at radius 1 is 0.500 bits per heavy atom. The molecule has 0 saturated heterocycles. The Morgan fingerprint density at radius 3 is 1.36 bits per heavy atom. The molecular formula is C12H26N2. The Hall–Kier alpha value is -0.0800. The van der Waals surface area contributed by atoms with E-state index in [1.54, 1.807) is 0 Å². The summed E-state index contributed by atoms with van der Waals surface area (Å²) in [6, 6.07) is 0.864. The normalized spacial score (nSPS) is 33.0. The van der Waals surface area contributed by atoms with Crippen molar-refractivity contribution in [3.8, 4) is 0 Å². The van der Waals surface area contributed by atoms with Crippen molar-refractivity contribution in [2.45, 2.75) is 76.3 Å². The van der Waals surface area contributed by atoms with Gasteiger partial charge in [0.1, 0.15) is 0 Å². The fraction of sp³-hybridized carbons (Fsp3) is 1.00. The third-order valence-corrected chi connectivity index (χ3v) is 3.30. The third-order valence-electron chi connectivity index (χ3n) is 3.30. The van der Waals surface area contributed by atoms with Crippen molar-refractivity contribution < 1.29 is 0 Å². The monoisotopic (exact) mass is 198 g/mol. The van der Waals surface area contributed by atoms with Crippen LogP contribution in [-0.4, -0.2) is 12.1 Å². The molecule has 1 aliphatic rings. The van der Waals surface area contributed by atoms with Crippen LogP contribution in [0.1, 0.15) is 64.2 Å². The summed E-state index contributed by atoms with van der Waals surface area (Å²) >= 11 is 0. The van der Waals surface area contributed by atoms with E-state index in [9.17, 15) is 0 Å². The molecule has 0 aromatic heterocycles. The smallest absolute Gasteiger partial charge is 0.00388 e. The lowest BCUT2D eigenvalue weighted by atomic mass is 9.96. The molecule has 0 spiro atoms.